The molecule has 3 amide bonds. The SMILES string of the molecule is C=CCCCCC[C@H](NC(=O)OC1CCCC1)C(=O)N1CC(O)C[C@H]1C(=O)N[C@]1(C(=O)OC)C[C@H]1C=C. The number of alkyl carbamates (subject to hydrolysis) is 1. The number of hydrogen-bond donors (Lipinski definition) is 3. The van der Waals surface area contributed by atoms with Crippen molar-refractivity contribution in [1.82, 2.24) is 15.5 Å². The largest absolute Gasteiger partial charge is 0.467 e. The van der Waals surface area contributed by atoms with E-state index in [2.05, 4.69) is 23.8 Å². The molecule has 0 aromatic rings. The second kappa shape index (κ2) is 13.1. The monoisotopic (exact) mass is 519 g/mol. The first-order chi connectivity index (χ1) is 17.7. The van der Waals surface area contributed by atoms with E-state index >= 15 is 0 Å². The molecular formula is C27H41N3O7. The minimum absolute atomic E-state index is 0.0339. The lowest BCUT2D eigenvalue weighted by molar-refractivity contribution is -0.148. The number of unbranched alkanes of at least 4 members (excludes halogenated alkanes) is 3. The number of aliphatic hydroxyl groups excluding tert-OH is 1. The van der Waals surface area contributed by atoms with Gasteiger partial charge in [0.2, 0.25) is 11.8 Å². The highest BCUT2D eigenvalue weighted by atomic mass is 16.6. The second-order valence-corrected chi connectivity index (χ2v) is 10.3. The number of rotatable bonds is 13. The summed E-state index contributed by atoms with van der Waals surface area (Å²) in [7, 11) is 1.25. The Hall–Kier alpha value is -2.88. The number of nitrogens with zero attached hydrogens (tertiary/aromatic N) is 1. The number of β-amino-alcohol motifs (C(OH)–C–C–N with tert-alkyl or cyclic N) is 1. The van der Waals surface area contributed by atoms with Gasteiger partial charge in [0.25, 0.3) is 0 Å². The van der Waals surface area contributed by atoms with Crippen LogP contribution in [0.5, 0.6) is 0 Å². The zero-order valence-electron chi connectivity index (χ0n) is 21.8. The topological polar surface area (TPSA) is 134 Å². The maximum atomic E-state index is 13.6. The summed E-state index contributed by atoms with van der Waals surface area (Å²) in [5, 5.41) is 15.8. The predicted molar refractivity (Wildman–Crippen MR) is 136 cm³/mol. The average Bonchev–Trinajstić information content (AvgIpc) is 3.17. The van der Waals surface area contributed by atoms with Crippen LogP contribution in [0.1, 0.15) is 70.6 Å². The molecule has 10 nitrogen and oxygen atoms in total. The summed E-state index contributed by atoms with van der Waals surface area (Å²) in [6, 6.07) is -1.87. The summed E-state index contributed by atoms with van der Waals surface area (Å²) >= 11 is 0. The van der Waals surface area contributed by atoms with Crippen LogP contribution in [0.3, 0.4) is 0 Å². The third-order valence-electron chi connectivity index (χ3n) is 7.63. The summed E-state index contributed by atoms with van der Waals surface area (Å²) < 4.78 is 10.4. The van der Waals surface area contributed by atoms with Crippen LogP contribution in [0.2, 0.25) is 0 Å². The maximum absolute atomic E-state index is 13.6. The Morgan fingerprint density at radius 2 is 1.89 bits per heavy atom. The van der Waals surface area contributed by atoms with Crippen LogP contribution in [0.25, 0.3) is 0 Å². The minimum Gasteiger partial charge on any atom is -0.467 e. The Labute approximate surface area is 218 Å². The van der Waals surface area contributed by atoms with Gasteiger partial charge in [-0.2, -0.15) is 0 Å². The number of ether oxygens (including phenoxy) is 2. The van der Waals surface area contributed by atoms with Crippen LogP contribution in [0.15, 0.2) is 25.3 Å². The Morgan fingerprint density at radius 3 is 2.51 bits per heavy atom. The molecule has 5 atom stereocenters. The lowest BCUT2D eigenvalue weighted by Crippen LogP contribution is -2.56. The average molecular weight is 520 g/mol. The van der Waals surface area contributed by atoms with Crippen LogP contribution in [-0.4, -0.2) is 77.4 Å². The third-order valence-corrected chi connectivity index (χ3v) is 7.63. The number of likely N-dealkylation sites (tertiary alicyclic amines) is 1. The number of carbonyl (C=O) groups is 4. The molecule has 1 heterocycles. The first-order valence-corrected chi connectivity index (χ1v) is 13.3. The van der Waals surface area contributed by atoms with Gasteiger partial charge >= 0.3 is 12.1 Å². The maximum Gasteiger partial charge on any atom is 0.408 e. The van der Waals surface area contributed by atoms with Crippen LogP contribution >= 0.6 is 0 Å². The Balaban J connectivity index is 1.69. The van der Waals surface area contributed by atoms with Crippen molar-refractivity contribution in [3.8, 4) is 0 Å². The molecule has 206 valence electrons. The number of esters is 1. The van der Waals surface area contributed by atoms with Gasteiger partial charge in [-0.05, 0) is 51.4 Å². The van der Waals surface area contributed by atoms with Gasteiger partial charge in [-0.15, -0.1) is 13.2 Å². The van der Waals surface area contributed by atoms with E-state index in [0.717, 1.165) is 44.9 Å². The van der Waals surface area contributed by atoms with Crippen LogP contribution in [-0.2, 0) is 23.9 Å². The zero-order valence-corrected chi connectivity index (χ0v) is 21.8. The van der Waals surface area contributed by atoms with Crippen molar-refractivity contribution in [3.05, 3.63) is 25.3 Å². The highest BCUT2D eigenvalue weighted by Crippen LogP contribution is 2.45. The summed E-state index contributed by atoms with van der Waals surface area (Å²) in [5.41, 5.74) is -1.20. The molecule has 3 rings (SSSR count). The normalized spacial score (nSPS) is 27.7. The molecule has 0 radical (unpaired) electrons. The first-order valence-electron chi connectivity index (χ1n) is 13.3. The number of methoxy groups -OCH3 is 1. The van der Waals surface area contributed by atoms with Crippen molar-refractivity contribution in [2.24, 2.45) is 5.92 Å². The quantitative estimate of drug-likeness (QED) is 0.193. The Bertz CT molecular complexity index is 872. The van der Waals surface area contributed by atoms with Crippen molar-refractivity contribution in [1.29, 1.82) is 0 Å². The molecule has 3 fully saturated rings. The van der Waals surface area contributed by atoms with E-state index in [-0.39, 0.29) is 25.0 Å². The van der Waals surface area contributed by atoms with Gasteiger partial charge in [-0.25, -0.2) is 9.59 Å². The second-order valence-electron chi connectivity index (χ2n) is 10.3. The highest BCUT2D eigenvalue weighted by Gasteiger charge is 2.61. The van der Waals surface area contributed by atoms with Crippen molar-refractivity contribution in [2.75, 3.05) is 13.7 Å². The van der Waals surface area contributed by atoms with Crippen molar-refractivity contribution in [2.45, 2.75) is 100 Å². The molecule has 0 spiro atoms. The van der Waals surface area contributed by atoms with Gasteiger partial charge in [-0.3, -0.25) is 9.59 Å². The van der Waals surface area contributed by atoms with Gasteiger partial charge in [0.05, 0.1) is 13.2 Å². The van der Waals surface area contributed by atoms with Crippen LogP contribution < -0.4 is 10.6 Å². The fourth-order valence-electron chi connectivity index (χ4n) is 5.40. The lowest BCUT2D eigenvalue weighted by atomic mass is 10.0. The van der Waals surface area contributed by atoms with Crippen molar-refractivity contribution in [3.63, 3.8) is 0 Å². The van der Waals surface area contributed by atoms with E-state index < -0.39 is 47.6 Å². The number of allylic oxidation sites excluding steroid dienone is 1. The van der Waals surface area contributed by atoms with Crippen molar-refractivity contribution < 1.29 is 33.8 Å². The van der Waals surface area contributed by atoms with Gasteiger partial charge in [0, 0.05) is 18.9 Å². The number of hydrogen-bond acceptors (Lipinski definition) is 7. The summed E-state index contributed by atoms with van der Waals surface area (Å²) in [5.74, 6) is -1.84. The summed E-state index contributed by atoms with van der Waals surface area (Å²) in [4.78, 5) is 53.2. The fourth-order valence-corrected chi connectivity index (χ4v) is 5.40. The minimum atomic E-state index is -1.20. The van der Waals surface area contributed by atoms with Gasteiger partial charge in [-0.1, -0.05) is 25.0 Å². The lowest BCUT2D eigenvalue weighted by Gasteiger charge is -2.29. The molecule has 0 bridgehead atoms. The predicted octanol–water partition coefficient (Wildman–Crippen LogP) is 2.36. The van der Waals surface area contributed by atoms with E-state index in [4.69, 9.17) is 9.47 Å². The van der Waals surface area contributed by atoms with E-state index in [1.807, 2.05) is 6.08 Å². The Morgan fingerprint density at radius 1 is 1.16 bits per heavy atom. The van der Waals surface area contributed by atoms with E-state index in [1.165, 1.54) is 12.0 Å². The van der Waals surface area contributed by atoms with E-state index in [1.54, 1.807) is 6.08 Å². The molecule has 1 saturated heterocycles. The Kier molecular flexibility index (Phi) is 10.1. The molecule has 2 aliphatic carbocycles. The van der Waals surface area contributed by atoms with Gasteiger partial charge in [0.15, 0.2) is 0 Å². The molecular weight excluding hydrogens is 478 g/mol. The number of aliphatic hydroxyl groups is 1. The van der Waals surface area contributed by atoms with Crippen molar-refractivity contribution >= 4 is 23.9 Å². The summed E-state index contributed by atoms with van der Waals surface area (Å²) in [6.45, 7) is 7.39. The molecule has 10 heteroatoms. The van der Waals surface area contributed by atoms with Crippen LogP contribution in [0, 0.1) is 5.92 Å². The molecule has 1 aliphatic heterocycles. The smallest absolute Gasteiger partial charge is 0.408 e. The van der Waals surface area contributed by atoms with E-state index in [9.17, 15) is 24.3 Å². The molecule has 0 aromatic heterocycles. The standard InChI is InChI=1S/C27H41N3O7/c1-4-6-7-8-9-14-21(28-26(35)37-20-12-10-11-13-20)24(33)30-17-19(31)15-22(30)23(32)29-27(25(34)36-3)16-18(27)5-2/h4-5,18-22,31H,1-2,6-17H2,3H3,(H,28,35)(H,29,32)/t18-,19?,21+,22+,27-/m1/s1. The molecule has 3 N–H and O–H groups in total. The van der Waals surface area contributed by atoms with Gasteiger partial charge in [0.1, 0.15) is 23.7 Å². The van der Waals surface area contributed by atoms with E-state index in [0.29, 0.717) is 19.3 Å². The summed E-state index contributed by atoms with van der Waals surface area (Å²) in [6.07, 6.45) is 9.46. The van der Waals surface area contributed by atoms with Gasteiger partial charge < -0.3 is 30.1 Å². The highest BCUT2D eigenvalue weighted by molar-refractivity contribution is 5.96. The van der Waals surface area contributed by atoms with Crippen LogP contribution in [0.4, 0.5) is 4.79 Å². The third kappa shape index (κ3) is 7.12. The number of amides is 3. The molecule has 3 aliphatic rings. The molecule has 37 heavy (non-hydrogen) atoms. The molecule has 2 saturated carbocycles. The fraction of sp³-hybridized carbons (Fsp3) is 0.704. The molecule has 0 aromatic carbocycles. The first kappa shape index (κ1) is 28.7. The number of carbonyl (C=O) groups excluding carboxylic acids is 4. The number of nitrogens with one attached hydrogen (secondary N) is 2. The zero-order chi connectivity index (χ0) is 27.0. The molecule has 1 unspecified atom stereocenters.